The molecule has 0 bridgehead atoms. The van der Waals surface area contributed by atoms with Gasteiger partial charge in [0.15, 0.2) is 29.0 Å². The lowest BCUT2D eigenvalue weighted by Gasteiger charge is -2.15. The second kappa shape index (κ2) is 9.05. The van der Waals surface area contributed by atoms with Crippen LogP contribution in [-0.2, 0) is 0 Å². The number of amides is 2. The molecule has 0 unspecified atom stereocenters. The molecule has 0 atom stereocenters. The van der Waals surface area contributed by atoms with Crippen LogP contribution in [0.25, 0.3) is 5.82 Å². The molecule has 4 rings (SSSR count). The van der Waals surface area contributed by atoms with E-state index in [9.17, 15) is 18.7 Å². The fraction of sp³-hybridized carbons (Fsp3) is 0. The summed E-state index contributed by atoms with van der Waals surface area (Å²) in [5, 5.41) is 24.6. The quantitative estimate of drug-likeness (QED) is 0.338. The fourth-order valence-electron chi connectivity index (χ4n) is 2.66. The number of anilines is 1. The number of aromatic nitrogens is 5. The van der Waals surface area contributed by atoms with Gasteiger partial charge < -0.3 is 15.6 Å². The Morgan fingerprint density at radius 1 is 1.15 bits per heavy atom. The summed E-state index contributed by atoms with van der Waals surface area (Å²) in [6.45, 7) is 0. The largest absolute Gasteiger partial charge is 0.505 e. The minimum atomic E-state index is -1.00. The maximum Gasteiger partial charge on any atom is 0.340 e. The number of hydrogen-bond acceptors (Lipinski definition) is 8. The number of hydrogen-bond donors (Lipinski definition) is 2. The van der Waals surface area contributed by atoms with E-state index in [2.05, 4.69) is 25.6 Å². The minimum absolute atomic E-state index is 0.00644. The molecule has 2 amide bonds. The molecule has 4 aromatic rings. The number of ether oxygens (including phenoxy) is 1. The van der Waals surface area contributed by atoms with E-state index in [1.807, 2.05) is 0 Å². The molecule has 0 saturated heterocycles. The van der Waals surface area contributed by atoms with E-state index in [1.54, 1.807) is 0 Å². The van der Waals surface area contributed by atoms with Crippen molar-refractivity contribution >= 4 is 17.9 Å². The number of tetrazole rings is 1. The van der Waals surface area contributed by atoms with Gasteiger partial charge in [-0.25, -0.2) is 18.6 Å². The van der Waals surface area contributed by atoms with Gasteiger partial charge in [0.1, 0.15) is 12.1 Å². The van der Waals surface area contributed by atoms with Gasteiger partial charge in [-0.1, -0.05) is 0 Å². The molecule has 33 heavy (non-hydrogen) atoms. The van der Waals surface area contributed by atoms with E-state index in [0.29, 0.717) is 5.82 Å². The first-order valence-corrected chi connectivity index (χ1v) is 9.19. The van der Waals surface area contributed by atoms with E-state index in [1.165, 1.54) is 47.5 Å². The van der Waals surface area contributed by atoms with Gasteiger partial charge in [-0.3, -0.25) is 0 Å². The standard InChI is InChI=1S/C20H14F2N8O3/c21-15-7-12(1-3-17(15)31)10-26-30(20(23)32)13-2-4-18(16(22)8-13)33-14-5-6-24-19(9-14)29-11-25-27-28-29/h1-11,31H,(H2,23,32)/b26-10+. The Morgan fingerprint density at radius 3 is 2.70 bits per heavy atom. The predicted molar refractivity (Wildman–Crippen MR) is 111 cm³/mol. The molecular formula is C20H14F2N8O3. The summed E-state index contributed by atoms with van der Waals surface area (Å²) in [4.78, 5) is 15.9. The third-order valence-corrected chi connectivity index (χ3v) is 4.19. The van der Waals surface area contributed by atoms with Crippen molar-refractivity contribution in [2.75, 3.05) is 5.01 Å². The SMILES string of the molecule is NC(=O)N(/N=C/c1ccc(O)c(F)c1)c1ccc(Oc2ccnc(-n3cnnn3)c2)c(F)c1. The van der Waals surface area contributed by atoms with Gasteiger partial charge >= 0.3 is 6.03 Å². The number of nitrogens with zero attached hydrogens (tertiary/aromatic N) is 7. The molecule has 0 radical (unpaired) electrons. The third-order valence-electron chi connectivity index (χ3n) is 4.19. The van der Waals surface area contributed by atoms with Gasteiger partial charge in [0.05, 0.1) is 11.9 Å². The maximum absolute atomic E-state index is 14.7. The topological polar surface area (TPSA) is 145 Å². The Morgan fingerprint density at radius 2 is 2.00 bits per heavy atom. The lowest BCUT2D eigenvalue weighted by molar-refractivity contribution is 0.254. The molecule has 2 aromatic heterocycles. The summed E-state index contributed by atoms with van der Waals surface area (Å²) in [5.41, 5.74) is 5.59. The van der Waals surface area contributed by atoms with Crippen molar-refractivity contribution in [2.45, 2.75) is 0 Å². The number of benzene rings is 2. The van der Waals surface area contributed by atoms with Crippen LogP contribution in [0.2, 0.25) is 0 Å². The van der Waals surface area contributed by atoms with Crippen LogP contribution in [0.3, 0.4) is 0 Å². The zero-order valence-electron chi connectivity index (χ0n) is 16.6. The number of hydrazone groups is 1. The van der Waals surface area contributed by atoms with Crippen LogP contribution in [0, 0.1) is 11.6 Å². The monoisotopic (exact) mass is 452 g/mol. The minimum Gasteiger partial charge on any atom is -0.505 e. The normalized spacial score (nSPS) is 11.0. The molecule has 2 heterocycles. The highest BCUT2D eigenvalue weighted by Gasteiger charge is 2.15. The average molecular weight is 452 g/mol. The number of carbonyl (C=O) groups excluding carboxylic acids is 1. The van der Waals surface area contributed by atoms with Gasteiger partial charge in [0.25, 0.3) is 0 Å². The number of phenols is 1. The molecule has 0 aliphatic carbocycles. The number of pyridine rings is 1. The highest BCUT2D eigenvalue weighted by atomic mass is 19.1. The number of aromatic hydroxyl groups is 1. The van der Waals surface area contributed by atoms with Crippen LogP contribution in [0.15, 0.2) is 66.2 Å². The second-order valence-electron chi connectivity index (χ2n) is 6.43. The second-order valence-corrected chi connectivity index (χ2v) is 6.43. The third kappa shape index (κ3) is 4.87. The van der Waals surface area contributed by atoms with E-state index in [-0.39, 0.29) is 22.7 Å². The summed E-state index contributed by atoms with van der Waals surface area (Å²) >= 11 is 0. The predicted octanol–water partition coefficient (Wildman–Crippen LogP) is 2.75. The number of urea groups is 1. The van der Waals surface area contributed by atoms with Crippen molar-refractivity contribution < 1.29 is 23.4 Å². The van der Waals surface area contributed by atoms with Gasteiger partial charge in [0, 0.05) is 18.3 Å². The van der Waals surface area contributed by atoms with E-state index < -0.39 is 23.4 Å². The number of carbonyl (C=O) groups is 1. The van der Waals surface area contributed by atoms with Crippen LogP contribution in [0.4, 0.5) is 19.3 Å². The van der Waals surface area contributed by atoms with Crippen molar-refractivity contribution in [3.63, 3.8) is 0 Å². The summed E-state index contributed by atoms with van der Waals surface area (Å²) in [6, 6.07) is 9.16. The van der Waals surface area contributed by atoms with Crippen LogP contribution in [0.5, 0.6) is 17.2 Å². The van der Waals surface area contributed by atoms with E-state index >= 15 is 0 Å². The summed E-state index contributed by atoms with van der Waals surface area (Å²) in [7, 11) is 0. The Bertz CT molecular complexity index is 1330. The molecule has 13 heteroatoms. The molecular weight excluding hydrogens is 438 g/mol. The Hall–Kier alpha value is -4.94. The first kappa shape index (κ1) is 21.3. The van der Waals surface area contributed by atoms with Crippen LogP contribution in [0.1, 0.15) is 5.56 Å². The van der Waals surface area contributed by atoms with Gasteiger partial charge in [-0.05, 0) is 52.4 Å². The van der Waals surface area contributed by atoms with Crippen molar-refractivity contribution in [1.29, 1.82) is 0 Å². The molecule has 2 aromatic carbocycles. The molecule has 0 aliphatic heterocycles. The summed E-state index contributed by atoms with van der Waals surface area (Å²) in [6.07, 6.45) is 3.91. The first-order valence-electron chi connectivity index (χ1n) is 9.19. The van der Waals surface area contributed by atoms with E-state index in [0.717, 1.165) is 29.4 Å². The number of halogens is 2. The molecule has 0 spiro atoms. The summed E-state index contributed by atoms with van der Waals surface area (Å²) < 4.78 is 35.0. The Labute approximate surface area is 184 Å². The molecule has 3 N–H and O–H groups in total. The zero-order valence-corrected chi connectivity index (χ0v) is 16.6. The van der Waals surface area contributed by atoms with Crippen molar-refractivity contribution in [2.24, 2.45) is 10.8 Å². The van der Waals surface area contributed by atoms with Crippen LogP contribution in [-0.4, -0.2) is 42.5 Å². The number of phenolic OH excluding ortho intramolecular Hbond substituents is 1. The van der Waals surface area contributed by atoms with Crippen molar-refractivity contribution in [1.82, 2.24) is 25.2 Å². The Balaban J connectivity index is 1.55. The molecule has 0 fully saturated rings. The Kier molecular flexibility index (Phi) is 5.84. The van der Waals surface area contributed by atoms with E-state index in [4.69, 9.17) is 10.5 Å². The van der Waals surface area contributed by atoms with Gasteiger partial charge in [-0.2, -0.15) is 14.8 Å². The lowest BCUT2D eigenvalue weighted by Crippen LogP contribution is -2.31. The van der Waals surface area contributed by atoms with Gasteiger partial charge in [0.2, 0.25) is 0 Å². The van der Waals surface area contributed by atoms with Crippen molar-refractivity contribution in [3.05, 3.63) is 78.3 Å². The lowest BCUT2D eigenvalue weighted by atomic mass is 10.2. The number of primary amides is 1. The zero-order chi connectivity index (χ0) is 23.4. The maximum atomic E-state index is 14.7. The van der Waals surface area contributed by atoms with Crippen LogP contribution < -0.4 is 15.5 Å². The fourth-order valence-corrected chi connectivity index (χ4v) is 2.66. The summed E-state index contributed by atoms with van der Waals surface area (Å²) in [5.74, 6) is -1.71. The smallest absolute Gasteiger partial charge is 0.340 e. The molecule has 0 aliphatic rings. The molecule has 11 nitrogen and oxygen atoms in total. The molecule has 0 saturated carbocycles. The van der Waals surface area contributed by atoms with Crippen molar-refractivity contribution in [3.8, 4) is 23.1 Å². The number of nitrogens with two attached hydrogens (primary N) is 1. The average Bonchev–Trinajstić information content (AvgIpc) is 3.33. The van der Waals surface area contributed by atoms with Gasteiger partial charge in [-0.15, -0.1) is 5.10 Å². The molecule has 166 valence electrons. The first-order chi connectivity index (χ1) is 15.9. The van der Waals surface area contributed by atoms with Crippen LogP contribution >= 0.6 is 0 Å². The number of rotatable bonds is 6. The highest BCUT2D eigenvalue weighted by molar-refractivity contribution is 5.93. The highest BCUT2D eigenvalue weighted by Crippen LogP contribution is 2.29.